The molecule has 0 aromatic carbocycles. The number of carbonyl (C=O) groups is 3. The number of amides is 1. The zero-order valence-corrected chi connectivity index (χ0v) is 14.5. The summed E-state index contributed by atoms with van der Waals surface area (Å²) in [5, 5.41) is 0. The van der Waals surface area contributed by atoms with Gasteiger partial charge in [-0.2, -0.15) is 0 Å². The third-order valence-corrected chi connectivity index (χ3v) is 2.98. The van der Waals surface area contributed by atoms with Crippen LogP contribution in [0.1, 0.15) is 34.6 Å². The zero-order valence-electron chi connectivity index (χ0n) is 14.5. The van der Waals surface area contributed by atoms with E-state index in [1.165, 1.54) is 19.1 Å². The van der Waals surface area contributed by atoms with Crippen LogP contribution >= 0.6 is 0 Å². The van der Waals surface area contributed by atoms with E-state index in [4.69, 9.17) is 4.74 Å². The van der Waals surface area contributed by atoms with Gasteiger partial charge in [-0.1, -0.05) is 13.8 Å². The highest BCUT2D eigenvalue weighted by atomic mass is 16.6. The molecule has 22 heavy (non-hydrogen) atoms. The van der Waals surface area contributed by atoms with Gasteiger partial charge in [0.25, 0.3) is 0 Å². The van der Waals surface area contributed by atoms with Gasteiger partial charge in [-0.15, -0.1) is 0 Å². The topological polar surface area (TPSA) is 82.1 Å². The lowest BCUT2D eigenvalue weighted by atomic mass is 9.96. The number of likely N-dealkylation sites (tertiary alicyclic amines) is 1. The van der Waals surface area contributed by atoms with Gasteiger partial charge >= 0.3 is 18.0 Å². The molecule has 0 aromatic rings. The number of rotatable bonds is 2. The first-order valence-corrected chi connectivity index (χ1v) is 7.33. The van der Waals surface area contributed by atoms with Crippen molar-refractivity contribution in [1.82, 2.24) is 4.90 Å². The molecule has 0 bridgehead atoms. The summed E-state index contributed by atoms with van der Waals surface area (Å²) in [5.41, 5.74) is -0.638. The van der Waals surface area contributed by atoms with Crippen molar-refractivity contribution < 1.29 is 28.6 Å². The molecule has 1 amide bonds. The van der Waals surface area contributed by atoms with Crippen molar-refractivity contribution in [2.75, 3.05) is 27.3 Å². The van der Waals surface area contributed by atoms with Crippen LogP contribution < -0.4 is 0 Å². The Balaban J connectivity index is 0.00000211. The molecule has 1 aliphatic rings. The monoisotopic (exact) mass is 317 g/mol. The van der Waals surface area contributed by atoms with Gasteiger partial charge in [0.15, 0.2) is 0 Å². The molecule has 7 heteroatoms. The van der Waals surface area contributed by atoms with E-state index >= 15 is 0 Å². The smallest absolute Gasteiger partial charge is 0.410 e. The molecular weight excluding hydrogens is 290 g/mol. The summed E-state index contributed by atoms with van der Waals surface area (Å²) in [4.78, 5) is 36.7. The number of ether oxygens (including phenoxy) is 3. The van der Waals surface area contributed by atoms with Crippen molar-refractivity contribution in [3.63, 3.8) is 0 Å². The SMILES string of the molecule is CC.COC(=O)C1CN(C(=O)OC(C)(C)C)CC1C(=O)OC. The van der Waals surface area contributed by atoms with Crippen LogP contribution in [0.4, 0.5) is 4.79 Å². The molecule has 7 nitrogen and oxygen atoms in total. The predicted octanol–water partition coefficient (Wildman–Crippen LogP) is 1.84. The standard InChI is InChI=1S/C13H21NO6.C2H6/c1-13(2,3)20-12(17)14-6-8(10(15)18-4)9(7-14)11(16)19-5;1-2/h8-9H,6-7H2,1-5H3;1-2H3. The van der Waals surface area contributed by atoms with Gasteiger partial charge in [0.2, 0.25) is 0 Å². The summed E-state index contributed by atoms with van der Waals surface area (Å²) in [7, 11) is 2.49. The van der Waals surface area contributed by atoms with Crippen LogP contribution in [0.3, 0.4) is 0 Å². The van der Waals surface area contributed by atoms with Crippen LogP contribution in [0.25, 0.3) is 0 Å². The number of hydrogen-bond donors (Lipinski definition) is 0. The lowest BCUT2D eigenvalue weighted by molar-refractivity contribution is -0.155. The molecule has 0 radical (unpaired) electrons. The lowest BCUT2D eigenvalue weighted by Crippen LogP contribution is -2.36. The molecule has 2 unspecified atom stereocenters. The first-order chi connectivity index (χ1) is 10.2. The lowest BCUT2D eigenvalue weighted by Gasteiger charge is -2.24. The van der Waals surface area contributed by atoms with Gasteiger partial charge < -0.3 is 19.1 Å². The third kappa shape index (κ3) is 5.54. The Labute approximate surface area is 131 Å². The highest BCUT2D eigenvalue weighted by Crippen LogP contribution is 2.27. The van der Waals surface area contributed by atoms with E-state index in [0.717, 1.165) is 0 Å². The van der Waals surface area contributed by atoms with Gasteiger partial charge in [0, 0.05) is 13.1 Å². The van der Waals surface area contributed by atoms with Crippen molar-refractivity contribution in [3.05, 3.63) is 0 Å². The molecule has 1 heterocycles. The molecule has 128 valence electrons. The fourth-order valence-electron chi connectivity index (χ4n) is 2.06. The molecule has 0 aliphatic carbocycles. The quantitative estimate of drug-likeness (QED) is 0.571. The van der Waals surface area contributed by atoms with Gasteiger partial charge in [0.05, 0.1) is 26.1 Å². The average molecular weight is 317 g/mol. The van der Waals surface area contributed by atoms with E-state index < -0.39 is 35.5 Å². The van der Waals surface area contributed by atoms with E-state index in [-0.39, 0.29) is 13.1 Å². The van der Waals surface area contributed by atoms with Crippen molar-refractivity contribution in [2.24, 2.45) is 11.8 Å². The van der Waals surface area contributed by atoms with E-state index in [1.807, 2.05) is 13.8 Å². The van der Waals surface area contributed by atoms with Crippen LogP contribution in [-0.4, -0.2) is 55.8 Å². The van der Waals surface area contributed by atoms with Crippen LogP contribution in [0.15, 0.2) is 0 Å². The second-order valence-corrected chi connectivity index (χ2v) is 5.64. The number of carbonyl (C=O) groups excluding carboxylic acids is 3. The first kappa shape index (κ1) is 20.2. The van der Waals surface area contributed by atoms with Crippen LogP contribution in [0, 0.1) is 11.8 Å². The molecule has 1 aliphatic heterocycles. The predicted molar refractivity (Wildman–Crippen MR) is 80.2 cm³/mol. The molecule has 1 rings (SSSR count). The minimum atomic E-state index is -0.722. The second-order valence-electron chi connectivity index (χ2n) is 5.64. The van der Waals surface area contributed by atoms with E-state index in [9.17, 15) is 14.4 Å². The Hall–Kier alpha value is -1.79. The summed E-state index contributed by atoms with van der Waals surface area (Å²) in [6.45, 7) is 9.41. The second kappa shape index (κ2) is 8.60. The fourth-order valence-corrected chi connectivity index (χ4v) is 2.06. The Morgan fingerprint density at radius 3 is 1.55 bits per heavy atom. The Bertz CT molecular complexity index is 377. The summed E-state index contributed by atoms with van der Waals surface area (Å²) < 4.78 is 14.6. The van der Waals surface area contributed by atoms with Crippen molar-refractivity contribution in [2.45, 2.75) is 40.2 Å². The van der Waals surface area contributed by atoms with Crippen LogP contribution in [0.5, 0.6) is 0 Å². The molecule has 0 N–H and O–H groups in total. The van der Waals surface area contributed by atoms with Crippen LogP contribution in [-0.2, 0) is 23.8 Å². The normalized spacial score (nSPS) is 20.6. The summed E-state index contributed by atoms with van der Waals surface area (Å²) >= 11 is 0. The molecule has 0 saturated carbocycles. The van der Waals surface area contributed by atoms with Crippen molar-refractivity contribution in [1.29, 1.82) is 0 Å². The van der Waals surface area contributed by atoms with Crippen LogP contribution in [0.2, 0.25) is 0 Å². The maximum absolute atomic E-state index is 12.0. The molecular formula is C15H27NO6. The van der Waals surface area contributed by atoms with E-state index in [0.29, 0.717) is 0 Å². The van der Waals surface area contributed by atoms with E-state index in [1.54, 1.807) is 20.8 Å². The maximum atomic E-state index is 12.0. The minimum Gasteiger partial charge on any atom is -0.469 e. The number of nitrogens with zero attached hydrogens (tertiary/aromatic N) is 1. The van der Waals surface area contributed by atoms with Crippen molar-refractivity contribution >= 4 is 18.0 Å². The highest BCUT2D eigenvalue weighted by Gasteiger charge is 2.45. The first-order valence-electron chi connectivity index (χ1n) is 7.33. The Morgan fingerprint density at radius 2 is 1.27 bits per heavy atom. The highest BCUT2D eigenvalue weighted by molar-refractivity contribution is 5.84. The number of methoxy groups -OCH3 is 2. The molecule has 0 aromatic heterocycles. The molecule has 1 fully saturated rings. The third-order valence-electron chi connectivity index (χ3n) is 2.98. The molecule has 0 spiro atoms. The summed E-state index contributed by atoms with van der Waals surface area (Å²) in [6, 6.07) is 0. The van der Waals surface area contributed by atoms with Gasteiger partial charge in [-0.25, -0.2) is 4.79 Å². The summed E-state index contributed by atoms with van der Waals surface area (Å²) in [5.74, 6) is -2.52. The average Bonchev–Trinajstić information content (AvgIpc) is 2.91. The Kier molecular flexibility index (Phi) is 7.90. The largest absolute Gasteiger partial charge is 0.469 e. The Morgan fingerprint density at radius 1 is 0.909 bits per heavy atom. The van der Waals surface area contributed by atoms with Gasteiger partial charge in [-0.3, -0.25) is 9.59 Å². The van der Waals surface area contributed by atoms with Crippen molar-refractivity contribution in [3.8, 4) is 0 Å². The fraction of sp³-hybridized carbons (Fsp3) is 0.800. The number of esters is 2. The maximum Gasteiger partial charge on any atom is 0.410 e. The summed E-state index contributed by atoms with van der Waals surface area (Å²) in [6.07, 6.45) is -0.558. The zero-order chi connectivity index (χ0) is 17.5. The molecule has 1 saturated heterocycles. The van der Waals surface area contributed by atoms with E-state index in [2.05, 4.69) is 9.47 Å². The number of hydrogen-bond acceptors (Lipinski definition) is 6. The van der Waals surface area contributed by atoms with Gasteiger partial charge in [0.1, 0.15) is 5.60 Å². The minimum absolute atomic E-state index is 0.0847. The van der Waals surface area contributed by atoms with Gasteiger partial charge in [-0.05, 0) is 20.8 Å². The molecule has 2 atom stereocenters.